The van der Waals surface area contributed by atoms with E-state index < -0.39 is 0 Å². The molecular weight excluding hydrogens is 352 g/mol. The van der Waals surface area contributed by atoms with Gasteiger partial charge in [-0.15, -0.1) is 0 Å². The lowest BCUT2D eigenvalue weighted by molar-refractivity contribution is 0.0671. The Hall–Kier alpha value is -2.89. The Bertz CT molecular complexity index is 971. The normalized spacial score (nSPS) is 17.1. The van der Waals surface area contributed by atoms with E-state index in [1.54, 1.807) is 0 Å². The first-order valence-electron chi connectivity index (χ1n) is 9.92. The molecule has 2 aromatic heterocycles. The molecule has 4 rings (SSSR count). The van der Waals surface area contributed by atoms with Crippen LogP contribution in [0.25, 0.3) is 11.1 Å². The molecule has 0 aliphatic carbocycles. The van der Waals surface area contributed by atoms with Gasteiger partial charge in [0.1, 0.15) is 0 Å². The van der Waals surface area contributed by atoms with Crippen LogP contribution in [-0.2, 0) is 6.42 Å². The maximum Gasteiger partial charge on any atom is 0.291 e. The summed E-state index contributed by atoms with van der Waals surface area (Å²) in [5.74, 6) is 1.15. The van der Waals surface area contributed by atoms with Gasteiger partial charge in [0.25, 0.3) is 5.91 Å². The van der Waals surface area contributed by atoms with Crippen LogP contribution in [0.2, 0.25) is 0 Å². The van der Waals surface area contributed by atoms with Crippen molar-refractivity contribution < 1.29 is 9.21 Å². The second-order valence-electron chi connectivity index (χ2n) is 7.53. The molecule has 0 saturated carbocycles. The number of oxazole rings is 1. The third-order valence-electron chi connectivity index (χ3n) is 5.49. The summed E-state index contributed by atoms with van der Waals surface area (Å²) >= 11 is 0. The van der Waals surface area contributed by atoms with E-state index in [2.05, 4.69) is 46.4 Å². The number of aromatic nitrogens is 3. The summed E-state index contributed by atoms with van der Waals surface area (Å²) in [6.45, 7) is 7.29. The first kappa shape index (κ1) is 18.5. The first-order valence-corrected chi connectivity index (χ1v) is 9.92. The van der Waals surface area contributed by atoms with Crippen molar-refractivity contribution in [1.82, 2.24) is 20.1 Å². The van der Waals surface area contributed by atoms with Crippen molar-refractivity contribution in [2.75, 3.05) is 13.1 Å². The highest BCUT2D eigenvalue weighted by molar-refractivity contribution is 5.92. The van der Waals surface area contributed by atoms with Gasteiger partial charge < -0.3 is 9.32 Å². The van der Waals surface area contributed by atoms with Gasteiger partial charge in [-0.2, -0.15) is 5.10 Å². The standard InChI is InChI=1S/C22H26N4O2/c1-4-19-24-15(3)21(28-19)22(27)26-11-5-6-17(13-26)20-18(12-23-25-20)16-9-7-14(2)8-10-16/h7-10,12,17H,4-6,11,13H2,1-3H3,(H,23,25)/t17-/m1/s1. The average Bonchev–Trinajstić information content (AvgIpc) is 3.35. The van der Waals surface area contributed by atoms with Crippen LogP contribution in [0.4, 0.5) is 0 Å². The Morgan fingerprint density at radius 1 is 1.29 bits per heavy atom. The van der Waals surface area contributed by atoms with Gasteiger partial charge in [-0.25, -0.2) is 4.98 Å². The molecule has 3 aromatic rings. The molecule has 1 amide bonds. The Morgan fingerprint density at radius 3 is 2.79 bits per heavy atom. The molecule has 1 saturated heterocycles. The van der Waals surface area contributed by atoms with Gasteiger partial charge in [0.2, 0.25) is 5.76 Å². The van der Waals surface area contributed by atoms with E-state index >= 15 is 0 Å². The first-order chi connectivity index (χ1) is 13.6. The van der Waals surface area contributed by atoms with Crippen molar-refractivity contribution in [3.8, 4) is 11.1 Å². The number of carbonyl (C=O) groups excluding carboxylic acids is 1. The smallest absolute Gasteiger partial charge is 0.291 e. The third kappa shape index (κ3) is 3.46. The fraction of sp³-hybridized carbons (Fsp3) is 0.409. The lowest BCUT2D eigenvalue weighted by Crippen LogP contribution is -2.39. The minimum atomic E-state index is -0.0641. The number of carbonyl (C=O) groups is 1. The lowest BCUT2D eigenvalue weighted by atomic mass is 9.90. The van der Waals surface area contributed by atoms with Gasteiger partial charge in [0, 0.05) is 36.7 Å². The molecule has 1 N–H and O–H groups in total. The fourth-order valence-corrected chi connectivity index (χ4v) is 3.91. The Balaban J connectivity index is 1.56. The van der Waals surface area contributed by atoms with Crippen molar-refractivity contribution in [3.05, 3.63) is 59.1 Å². The minimum Gasteiger partial charge on any atom is -0.435 e. The van der Waals surface area contributed by atoms with Gasteiger partial charge >= 0.3 is 0 Å². The average molecular weight is 378 g/mol. The second-order valence-corrected chi connectivity index (χ2v) is 7.53. The van der Waals surface area contributed by atoms with E-state index in [-0.39, 0.29) is 11.8 Å². The number of nitrogens with one attached hydrogen (secondary N) is 1. The van der Waals surface area contributed by atoms with Gasteiger partial charge in [-0.1, -0.05) is 36.8 Å². The lowest BCUT2D eigenvalue weighted by Gasteiger charge is -2.32. The molecule has 0 radical (unpaired) electrons. The highest BCUT2D eigenvalue weighted by Crippen LogP contribution is 2.33. The number of amides is 1. The molecular formula is C22H26N4O2. The van der Waals surface area contributed by atoms with Crippen LogP contribution in [0, 0.1) is 13.8 Å². The molecule has 1 aromatic carbocycles. The van der Waals surface area contributed by atoms with Crippen LogP contribution < -0.4 is 0 Å². The number of aryl methyl sites for hydroxylation is 3. The van der Waals surface area contributed by atoms with Crippen LogP contribution in [0.1, 0.15) is 59.1 Å². The topological polar surface area (TPSA) is 75.0 Å². The van der Waals surface area contributed by atoms with Crippen LogP contribution in [0.15, 0.2) is 34.9 Å². The summed E-state index contributed by atoms with van der Waals surface area (Å²) in [5, 5.41) is 7.48. The van der Waals surface area contributed by atoms with Gasteiger partial charge in [-0.3, -0.25) is 9.89 Å². The van der Waals surface area contributed by atoms with Crippen molar-refractivity contribution in [2.45, 2.75) is 46.0 Å². The SMILES string of the molecule is CCc1nc(C)c(C(=O)N2CCC[C@@H](c3[nH]ncc3-c3ccc(C)cc3)C2)o1. The predicted octanol–water partition coefficient (Wildman–Crippen LogP) is 4.26. The predicted molar refractivity (Wildman–Crippen MR) is 107 cm³/mol. The Labute approximate surface area is 165 Å². The highest BCUT2D eigenvalue weighted by atomic mass is 16.4. The van der Waals surface area contributed by atoms with Crippen LogP contribution >= 0.6 is 0 Å². The minimum absolute atomic E-state index is 0.0641. The van der Waals surface area contributed by atoms with Crippen LogP contribution in [0.3, 0.4) is 0 Å². The largest absolute Gasteiger partial charge is 0.435 e. The molecule has 6 heteroatoms. The zero-order valence-electron chi connectivity index (χ0n) is 16.7. The molecule has 0 bridgehead atoms. The van der Waals surface area contributed by atoms with Gasteiger partial charge in [-0.05, 0) is 32.3 Å². The summed E-state index contributed by atoms with van der Waals surface area (Å²) in [4.78, 5) is 19.3. The second kappa shape index (κ2) is 7.62. The molecule has 146 valence electrons. The molecule has 6 nitrogen and oxygen atoms in total. The van der Waals surface area contributed by atoms with E-state index in [0.717, 1.165) is 36.2 Å². The van der Waals surface area contributed by atoms with E-state index in [4.69, 9.17) is 4.42 Å². The van der Waals surface area contributed by atoms with Crippen molar-refractivity contribution in [3.63, 3.8) is 0 Å². The number of rotatable bonds is 4. The molecule has 1 aliphatic rings. The van der Waals surface area contributed by atoms with E-state index in [9.17, 15) is 4.79 Å². The Morgan fingerprint density at radius 2 is 2.07 bits per heavy atom. The number of hydrogen-bond donors (Lipinski definition) is 1. The monoisotopic (exact) mass is 378 g/mol. The maximum atomic E-state index is 13.0. The fourth-order valence-electron chi connectivity index (χ4n) is 3.91. The number of hydrogen-bond acceptors (Lipinski definition) is 4. The molecule has 0 unspecified atom stereocenters. The third-order valence-corrected chi connectivity index (χ3v) is 5.49. The summed E-state index contributed by atoms with van der Waals surface area (Å²) in [5.41, 5.74) is 5.27. The summed E-state index contributed by atoms with van der Waals surface area (Å²) in [6.07, 6.45) is 4.55. The molecule has 1 fully saturated rings. The number of piperidine rings is 1. The van der Waals surface area contributed by atoms with Gasteiger partial charge in [0.15, 0.2) is 5.89 Å². The number of nitrogens with zero attached hydrogens (tertiary/aromatic N) is 3. The quantitative estimate of drug-likeness (QED) is 0.736. The number of aromatic amines is 1. The maximum absolute atomic E-state index is 13.0. The number of likely N-dealkylation sites (tertiary alicyclic amines) is 1. The number of H-pyrrole nitrogens is 1. The zero-order chi connectivity index (χ0) is 19.7. The van der Waals surface area contributed by atoms with Crippen molar-refractivity contribution >= 4 is 5.91 Å². The molecule has 1 atom stereocenters. The summed E-state index contributed by atoms with van der Waals surface area (Å²) < 4.78 is 5.69. The molecule has 28 heavy (non-hydrogen) atoms. The number of benzene rings is 1. The van der Waals surface area contributed by atoms with E-state index in [0.29, 0.717) is 30.3 Å². The zero-order valence-corrected chi connectivity index (χ0v) is 16.7. The van der Waals surface area contributed by atoms with Gasteiger partial charge in [0.05, 0.1) is 11.9 Å². The van der Waals surface area contributed by atoms with E-state index in [1.807, 2.05) is 24.9 Å². The van der Waals surface area contributed by atoms with Crippen molar-refractivity contribution in [2.24, 2.45) is 0 Å². The van der Waals surface area contributed by atoms with Crippen LogP contribution in [-0.4, -0.2) is 39.1 Å². The highest BCUT2D eigenvalue weighted by Gasteiger charge is 2.30. The molecule has 3 heterocycles. The van der Waals surface area contributed by atoms with Crippen LogP contribution in [0.5, 0.6) is 0 Å². The molecule has 1 aliphatic heterocycles. The molecule has 0 spiro atoms. The summed E-state index contributed by atoms with van der Waals surface area (Å²) in [7, 11) is 0. The summed E-state index contributed by atoms with van der Waals surface area (Å²) in [6, 6.07) is 8.47. The van der Waals surface area contributed by atoms with Crippen molar-refractivity contribution in [1.29, 1.82) is 0 Å². The van der Waals surface area contributed by atoms with E-state index in [1.165, 1.54) is 5.56 Å². The Kier molecular flexibility index (Phi) is 5.03.